The van der Waals surface area contributed by atoms with Crippen LogP contribution in [0.2, 0.25) is 0 Å². The summed E-state index contributed by atoms with van der Waals surface area (Å²) in [7, 11) is 3.30. The van der Waals surface area contributed by atoms with E-state index < -0.39 is 0 Å². The SMILES string of the molecule is COC1=C(OC)CC=CC=C1. The first-order valence-electron chi connectivity index (χ1n) is 3.53. The van der Waals surface area contributed by atoms with Crippen molar-refractivity contribution in [3.8, 4) is 0 Å². The molecule has 60 valence electrons. The van der Waals surface area contributed by atoms with E-state index in [4.69, 9.17) is 9.47 Å². The van der Waals surface area contributed by atoms with Gasteiger partial charge in [0, 0.05) is 6.42 Å². The Morgan fingerprint density at radius 3 is 2.64 bits per heavy atom. The van der Waals surface area contributed by atoms with Gasteiger partial charge in [-0.2, -0.15) is 0 Å². The van der Waals surface area contributed by atoms with Gasteiger partial charge in [-0.1, -0.05) is 18.2 Å². The van der Waals surface area contributed by atoms with E-state index in [1.165, 1.54) is 0 Å². The summed E-state index contributed by atoms with van der Waals surface area (Å²) in [6, 6.07) is 0. The summed E-state index contributed by atoms with van der Waals surface area (Å²) < 4.78 is 10.2. The summed E-state index contributed by atoms with van der Waals surface area (Å²) >= 11 is 0. The third kappa shape index (κ3) is 1.87. The van der Waals surface area contributed by atoms with Crippen LogP contribution in [0.25, 0.3) is 0 Å². The Hall–Kier alpha value is -1.18. The lowest BCUT2D eigenvalue weighted by atomic mass is 10.3. The molecule has 0 radical (unpaired) electrons. The lowest BCUT2D eigenvalue weighted by Gasteiger charge is -2.06. The van der Waals surface area contributed by atoms with Crippen molar-refractivity contribution in [1.29, 1.82) is 0 Å². The fourth-order valence-corrected chi connectivity index (χ4v) is 0.956. The number of hydrogen-bond acceptors (Lipinski definition) is 2. The van der Waals surface area contributed by atoms with Crippen molar-refractivity contribution < 1.29 is 9.47 Å². The summed E-state index contributed by atoms with van der Waals surface area (Å²) in [6.07, 6.45) is 8.63. The van der Waals surface area contributed by atoms with Crippen LogP contribution in [0, 0.1) is 0 Å². The lowest BCUT2D eigenvalue weighted by Crippen LogP contribution is -1.92. The van der Waals surface area contributed by atoms with Crippen LogP contribution in [-0.2, 0) is 9.47 Å². The predicted molar refractivity (Wildman–Crippen MR) is 43.9 cm³/mol. The highest BCUT2D eigenvalue weighted by Crippen LogP contribution is 2.15. The normalized spacial score (nSPS) is 16.5. The maximum absolute atomic E-state index is 5.13. The van der Waals surface area contributed by atoms with Crippen molar-refractivity contribution >= 4 is 0 Å². The molecule has 1 aliphatic rings. The number of methoxy groups -OCH3 is 2. The van der Waals surface area contributed by atoms with Crippen LogP contribution in [0.5, 0.6) is 0 Å². The van der Waals surface area contributed by atoms with E-state index in [2.05, 4.69) is 0 Å². The molecule has 2 nitrogen and oxygen atoms in total. The molecule has 0 spiro atoms. The Kier molecular flexibility index (Phi) is 2.78. The van der Waals surface area contributed by atoms with Gasteiger partial charge < -0.3 is 9.47 Å². The molecule has 0 atom stereocenters. The molecular formula is C9H12O2. The van der Waals surface area contributed by atoms with Crippen LogP contribution < -0.4 is 0 Å². The molecular weight excluding hydrogens is 140 g/mol. The molecule has 0 saturated carbocycles. The third-order valence-electron chi connectivity index (χ3n) is 1.54. The third-order valence-corrected chi connectivity index (χ3v) is 1.54. The maximum Gasteiger partial charge on any atom is 0.156 e. The summed E-state index contributed by atoms with van der Waals surface area (Å²) in [5, 5.41) is 0. The fraction of sp³-hybridized carbons (Fsp3) is 0.333. The second-order valence-electron chi connectivity index (χ2n) is 2.19. The Labute approximate surface area is 66.8 Å². The molecule has 0 aromatic rings. The van der Waals surface area contributed by atoms with Crippen LogP contribution in [0.1, 0.15) is 6.42 Å². The average Bonchev–Trinajstić information content (AvgIpc) is 2.27. The first-order chi connectivity index (χ1) is 5.38. The van der Waals surface area contributed by atoms with E-state index >= 15 is 0 Å². The first-order valence-corrected chi connectivity index (χ1v) is 3.53. The molecule has 0 saturated heterocycles. The second kappa shape index (κ2) is 3.86. The second-order valence-corrected chi connectivity index (χ2v) is 2.19. The average molecular weight is 152 g/mol. The van der Waals surface area contributed by atoms with E-state index in [-0.39, 0.29) is 0 Å². The Morgan fingerprint density at radius 2 is 2.00 bits per heavy atom. The monoisotopic (exact) mass is 152 g/mol. The number of hydrogen-bond donors (Lipinski definition) is 0. The molecule has 0 N–H and O–H groups in total. The lowest BCUT2D eigenvalue weighted by molar-refractivity contribution is 0.227. The highest BCUT2D eigenvalue weighted by Gasteiger charge is 2.03. The summed E-state index contributed by atoms with van der Waals surface area (Å²) in [6.45, 7) is 0. The molecule has 1 rings (SSSR count). The highest BCUT2D eigenvalue weighted by atomic mass is 16.5. The van der Waals surface area contributed by atoms with Gasteiger partial charge in [-0.15, -0.1) is 0 Å². The van der Waals surface area contributed by atoms with E-state index in [1.54, 1.807) is 14.2 Å². The predicted octanol–water partition coefficient (Wildman–Crippen LogP) is 2.01. The van der Waals surface area contributed by atoms with Crippen LogP contribution in [-0.4, -0.2) is 14.2 Å². The van der Waals surface area contributed by atoms with Crippen molar-refractivity contribution in [1.82, 2.24) is 0 Å². The maximum atomic E-state index is 5.13. The van der Waals surface area contributed by atoms with E-state index in [0.29, 0.717) is 0 Å². The van der Waals surface area contributed by atoms with Gasteiger partial charge in [-0.3, -0.25) is 0 Å². The Balaban J connectivity index is 2.85. The Morgan fingerprint density at radius 1 is 1.18 bits per heavy atom. The molecule has 0 aliphatic heterocycles. The molecule has 1 aliphatic carbocycles. The molecule has 0 heterocycles. The highest BCUT2D eigenvalue weighted by molar-refractivity contribution is 5.25. The van der Waals surface area contributed by atoms with Crippen LogP contribution >= 0.6 is 0 Å². The van der Waals surface area contributed by atoms with Crippen molar-refractivity contribution in [2.45, 2.75) is 6.42 Å². The Bertz CT molecular complexity index is 212. The molecule has 0 bridgehead atoms. The van der Waals surface area contributed by atoms with Gasteiger partial charge in [0.25, 0.3) is 0 Å². The quantitative estimate of drug-likeness (QED) is 0.602. The smallest absolute Gasteiger partial charge is 0.156 e. The van der Waals surface area contributed by atoms with Gasteiger partial charge in [0.2, 0.25) is 0 Å². The van der Waals surface area contributed by atoms with E-state index in [9.17, 15) is 0 Å². The van der Waals surface area contributed by atoms with E-state index in [1.807, 2.05) is 24.3 Å². The zero-order valence-corrected chi connectivity index (χ0v) is 6.83. The van der Waals surface area contributed by atoms with Crippen LogP contribution in [0.15, 0.2) is 35.8 Å². The molecule has 0 fully saturated rings. The minimum absolute atomic E-state index is 0.798. The van der Waals surface area contributed by atoms with Gasteiger partial charge in [0.1, 0.15) is 5.76 Å². The number of ether oxygens (including phenoxy) is 2. The number of rotatable bonds is 2. The number of allylic oxidation sites excluding steroid dienone is 4. The van der Waals surface area contributed by atoms with Crippen molar-refractivity contribution in [2.24, 2.45) is 0 Å². The van der Waals surface area contributed by atoms with Gasteiger partial charge in [0.05, 0.1) is 14.2 Å². The van der Waals surface area contributed by atoms with Gasteiger partial charge >= 0.3 is 0 Å². The summed E-state index contributed by atoms with van der Waals surface area (Å²) in [4.78, 5) is 0. The zero-order valence-electron chi connectivity index (χ0n) is 6.83. The fourth-order valence-electron chi connectivity index (χ4n) is 0.956. The largest absolute Gasteiger partial charge is 0.497 e. The molecule has 0 amide bonds. The van der Waals surface area contributed by atoms with Gasteiger partial charge in [0.15, 0.2) is 5.76 Å². The standard InChI is InChI=1S/C9H12O2/c1-10-8-6-4-3-5-7-9(8)11-2/h3-6H,7H2,1-2H3. The molecule has 0 aromatic carbocycles. The molecule has 2 heteroatoms. The van der Waals surface area contributed by atoms with Gasteiger partial charge in [-0.05, 0) is 6.08 Å². The minimum Gasteiger partial charge on any atom is -0.497 e. The summed E-state index contributed by atoms with van der Waals surface area (Å²) in [5.41, 5.74) is 0. The molecule has 11 heavy (non-hydrogen) atoms. The van der Waals surface area contributed by atoms with Crippen molar-refractivity contribution in [3.05, 3.63) is 35.8 Å². The topological polar surface area (TPSA) is 18.5 Å². The summed E-state index contributed by atoms with van der Waals surface area (Å²) in [5.74, 6) is 1.68. The molecule has 0 unspecified atom stereocenters. The zero-order chi connectivity index (χ0) is 8.10. The minimum atomic E-state index is 0.798. The van der Waals surface area contributed by atoms with Crippen molar-refractivity contribution in [3.63, 3.8) is 0 Å². The first kappa shape index (κ1) is 7.92. The van der Waals surface area contributed by atoms with Crippen LogP contribution in [0.4, 0.5) is 0 Å². The molecule has 0 aromatic heterocycles. The van der Waals surface area contributed by atoms with Gasteiger partial charge in [-0.25, -0.2) is 0 Å². The van der Waals surface area contributed by atoms with E-state index in [0.717, 1.165) is 17.9 Å². The van der Waals surface area contributed by atoms with Crippen LogP contribution in [0.3, 0.4) is 0 Å². The van der Waals surface area contributed by atoms with Crippen molar-refractivity contribution in [2.75, 3.05) is 14.2 Å².